The van der Waals surface area contributed by atoms with Gasteiger partial charge in [-0.3, -0.25) is 9.48 Å². The van der Waals surface area contributed by atoms with Crippen LogP contribution in [0.5, 0.6) is 0 Å². The van der Waals surface area contributed by atoms with Gasteiger partial charge in [-0.1, -0.05) is 35.3 Å². The number of aryl methyl sites for hydroxylation is 1. The Morgan fingerprint density at radius 3 is 2.88 bits per heavy atom. The predicted octanol–water partition coefficient (Wildman–Crippen LogP) is 5.05. The van der Waals surface area contributed by atoms with E-state index in [9.17, 15) is 9.18 Å². The van der Waals surface area contributed by atoms with E-state index in [4.69, 9.17) is 23.2 Å². The maximum atomic E-state index is 13.2. The number of aromatic nitrogens is 2. The number of thiophene rings is 1. The molecule has 0 unspecified atom stereocenters. The lowest BCUT2D eigenvalue weighted by Gasteiger charge is -2.04. The van der Waals surface area contributed by atoms with Crippen molar-refractivity contribution >= 4 is 40.4 Å². The summed E-state index contributed by atoms with van der Waals surface area (Å²) in [6, 6.07) is 8.05. The second-order valence-corrected chi connectivity index (χ2v) is 7.65. The Balaban J connectivity index is 1.70. The molecule has 1 aromatic carbocycles. The van der Waals surface area contributed by atoms with Crippen molar-refractivity contribution in [2.75, 3.05) is 6.54 Å². The van der Waals surface area contributed by atoms with Crippen molar-refractivity contribution in [3.05, 3.63) is 62.1 Å². The molecule has 0 radical (unpaired) electrons. The second-order valence-electron chi connectivity index (χ2n) is 5.59. The molecule has 8 heteroatoms. The summed E-state index contributed by atoms with van der Waals surface area (Å²) in [5.41, 5.74) is 2.22. The van der Waals surface area contributed by atoms with E-state index in [-0.39, 0.29) is 11.7 Å². The number of benzene rings is 1. The van der Waals surface area contributed by atoms with E-state index < -0.39 is 0 Å². The first-order chi connectivity index (χ1) is 12.5. The summed E-state index contributed by atoms with van der Waals surface area (Å²) >= 11 is 13.7. The van der Waals surface area contributed by atoms with E-state index in [0.29, 0.717) is 45.0 Å². The molecule has 1 N–H and O–H groups in total. The number of halogens is 3. The molecule has 0 saturated carbocycles. The molecule has 0 fully saturated rings. The third-order valence-electron chi connectivity index (χ3n) is 3.85. The Labute approximate surface area is 164 Å². The van der Waals surface area contributed by atoms with Crippen LogP contribution in [-0.4, -0.2) is 22.2 Å². The van der Waals surface area contributed by atoms with Crippen LogP contribution in [0.4, 0.5) is 4.39 Å². The highest BCUT2D eigenvalue weighted by molar-refractivity contribution is 7.18. The van der Waals surface area contributed by atoms with Gasteiger partial charge in [-0.15, -0.1) is 11.3 Å². The van der Waals surface area contributed by atoms with Crippen molar-refractivity contribution in [3.8, 4) is 11.3 Å². The zero-order chi connectivity index (χ0) is 18.7. The third kappa shape index (κ3) is 4.09. The van der Waals surface area contributed by atoms with Crippen molar-refractivity contribution in [3.63, 3.8) is 0 Å². The van der Waals surface area contributed by atoms with Crippen LogP contribution in [-0.2, 0) is 13.0 Å². The predicted molar refractivity (Wildman–Crippen MR) is 104 cm³/mol. The average molecular weight is 412 g/mol. The lowest BCUT2D eigenvalue weighted by atomic mass is 10.1. The summed E-state index contributed by atoms with van der Waals surface area (Å²) in [7, 11) is 0. The second kappa shape index (κ2) is 8.20. The summed E-state index contributed by atoms with van der Waals surface area (Å²) in [4.78, 5) is 12.9. The molecule has 4 nitrogen and oxygen atoms in total. The van der Waals surface area contributed by atoms with Crippen molar-refractivity contribution in [2.45, 2.75) is 19.9 Å². The van der Waals surface area contributed by atoms with Gasteiger partial charge in [0.05, 0.1) is 21.8 Å². The summed E-state index contributed by atoms with van der Waals surface area (Å²) in [5, 5.41) is 7.52. The monoisotopic (exact) mass is 411 g/mol. The molecule has 3 rings (SSSR count). The largest absolute Gasteiger partial charge is 0.351 e. The van der Waals surface area contributed by atoms with E-state index in [1.165, 1.54) is 23.5 Å². The SMILES string of the molecule is CCn1ncc(Cl)c1-c1cc(C(=O)NCCc2cccc(F)c2)sc1Cl. The first kappa shape index (κ1) is 18.9. The highest BCUT2D eigenvalue weighted by Gasteiger charge is 2.19. The molecule has 0 aliphatic carbocycles. The quantitative estimate of drug-likeness (QED) is 0.616. The van der Waals surface area contributed by atoms with Crippen LogP contribution < -0.4 is 5.32 Å². The zero-order valence-corrected chi connectivity index (χ0v) is 16.3. The van der Waals surface area contributed by atoms with Crippen molar-refractivity contribution in [1.29, 1.82) is 0 Å². The zero-order valence-electron chi connectivity index (χ0n) is 13.9. The van der Waals surface area contributed by atoms with Gasteiger partial charge in [0.25, 0.3) is 5.91 Å². The van der Waals surface area contributed by atoms with Gasteiger partial charge < -0.3 is 5.32 Å². The summed E-state index contributed by atoms with van der Waals surface area (Å²) in [5.74, 6) is -0.508. The number of nitrogens with one attached hydrogen (secondary N) is 1. The average Bonchev–Trinajstić information content (AvgIpc) is 3.17. The summed E-state index contributed by atoms with van der Waals surface area (Å²) in [6.07, 6.45) is 2.11. The molecule has 0 aliphatic rings. The number of hydrogen-bond donors (Lipinski definition) is 1. The Morgan fingerprint density at radius 1 is 1.35 bits per heavy atom. The lowest BCUT2D eigenvalue weighted by molar-refractivity contribution is 0.0958. The molecule has 0 bridgehead atoms. The van der Waals surface area contributed by atoms with Gasteiger partial charge in [0.15, 0.2) is 0 Å². The van der Waals surface area contributed by atoms with E-state index in [1.54, 1.807) is 23.0 Å². The van der Waals surface area contributed by atoms with E-state index in [0.717, 1.165) is 5.56 Å². The van der Waals surface area contributed by atoms with E-state index in [1.807, 2.05) is 13.0 Å². The first-order valence-electron chi connectivity index (χ1n) is 8.03. The van der Waals surface area contributed by atoms with E-state index in [2.05, 4.69) is 10.4 Å². The van der Waals surface area contributed by atoms with Crippen LogP contribution in [0.2, 0.25) is 9.36 Å². The van der Waals surface area contributed by atoms with Gasteiger partial charge >= 0.3 is 0 Å². The number of hydrogen-bond acceptors (Lipinski definition) is 3. The minimum absolute atomic E-state index is 0.224. The van der Waals surface area contributed by atoms with Gasteiger partial charge in [-0.25, -0.2) is 4.39 Å². The highest BCUT2D eigenvalue weighted by atomic mass is 35.5. The van der Waals surface area contributed by atoms with Crippen LogP contribution in [0.3, 0.4) is 0 Å². The maximum absolute atomic E-state index is 13.2. The number of nitrogens with zero attached hydrogens (tertiary/aromatic N) is 2. The Kier molecular flexibility index (Phi) is 5.96. The molecule has 0 aliphatic heterocycles. The minimum atomic E-state index is -0.284. The Bertz CT molecular complexity index is 938. The highest BCUT2D eigenvalue weighted by Crippen LogP contribution is 2.38. The van der Waals surface area contributed by atoms with Crippen LogP contribution in [0.25, 0.3) is 11.3 Å². The fraction of sp³-hybridized carbons (Fsp3) is 0.222. The molecular weight excluding hydrogens is 396 g/mol. The van der Waals surface area contributed by atoms with Crippen LogP contribution >= 0.6 is 34.5 Å². The molecule has 1 amide bonds. The maximum Gasteiger partial charge on any atom is 0.261 e. The fourth-order valence-electron chi connectivity index (χ4n) is 2.61. The van der Waals surface area contributed by atoms with E-state index >= 15 is 0 Å². The number of rotatable bonds is 6. The molecule has 0 saturated heterocycles. The fourth-order valence-corrected chi connectivity index (χ4v) is 4.05. The third-order valence-corrected chi connectivity index (χ3v) is 5.48. The standard InChI is InChI=1S/C18H16Cl2FN3OS/c1-2-24-16(14(19)10-23-24)13-9-15(26-17(13)20)18(25)22-7-6-11-4-3-5-12(21)8-11/h3-5,8-10H,2,6-7H2,1H3,(H,22,25). The molecule has 136 valence electrons. The van der Waals surface area contributed by atoms with Gasteiger partial charge in [0, 0.05) is 18.7 Å². The molecule has 3 aromatic rings. The van der Waals surface area contributed by atoms with Crippen LogP contribution in [0.1, 0.15) is 22.2 Å². The van der Waals surface area contributed by atoms with Crippen LogP contribution in [0.15, 0.2) is 36.5 Å². The number of carbonyl (C=O) groups is 1. The Hall–Kier alpha value is -1.89. The molecule has 2 heterocycles. The summed E-state index contributed by atoms with van der Waals surface area (Å²) in [6.45, 7) is 3.00. The summed E-state index contributed by atoms with van der Waals surface area (Å²) < 4.78 is 15.4. The van der Waals surface area contributed by atoms with Gasteiger partial charge in [0.1, 0.15) is 10.2 Å². The molecule has 0 atom stereocenters. The van der Waals surface area contributed by atoms with Gasteiger partial charge in [0.2, 0.25) is 0 Å². The normalized spacial score (nSPS) is 10.9. The molecule has 2 aromatic heterocycles. The number of carbonyl (C=O) groups excluding carboxylic acids is 1. The lowest BCUT2D eigenvalue weighted by Crippen LogP contribution is -2.24. The van der Waals surface area contributed by atoms with Crippen LogP contribution in [0, 0.1) is 5.82 Å². The smallest absolute Gasteiger partial charge is 0.261 e. The van der Waals surface area contributed by atoms with Gasteiger partial charge in [-0.05, 0) is 37.1 Å². The topological polar surface area (TPSA) is 46.9 Å². The minimum Gasteiger partial charge on any atom is -0.351 e. The van der Waals surface area contributed by atoms with Crippen molar-refractivity contribution in [1.82, 2.24) is 15.1 Å². The molecule has 0 spiro atoms. The van der Waals surface area contributed by atoms with Crippen molar-refractivity contribution in [2.24, 2.45) is 0 Å². The first-order valence-corrected chi connectivity index (χ1v) is 9.60. The van der Waals surface area contributed by atoms with Crippen molar-refractivity contribution < 1.29 is 9.18 Å². The molecular formula is C18H16Cl2FN3OS. The Morgan fingerprint density at radius 2 is 2.15 bits per heavy atom. The van der Waals surface area contributed by atoms with Gasteiger partial charge in [-0.2, -0.15) is 5.10 Å². The number of amides is 1. The molecule has 26 heavy (non-hydrogen) atoms.